The minimum absolute atomic E-state index is 0.0928. The summed E-state index contributed by atoms with van der Waals surface area (Å²) in [6.07, 6.45) is 0. The second-order valence-electron chi connectivity index (χ2n) is 4.57. The molecule has 6 nitrogen and oxygen atoms in total. The van der Waals surface area contributed by atoms with Crippen LogP contribution in [0.3, 0.4) is 0 Å². The SMILES string of the molecule is Cc1nnc(NCC(=O)NC(C)C)c(C(N)=S)c1C. The molecular formula is C12H19N5OS. The van der Waals surface area contributed by atoms with Gasteiger partial charge in [-0.1, -0.05) is 12.2 Å². The monoisotopic (exact) mass is 281 g/mol. The summed E-state index contributed by atoms with van der Waals surface area (Å²) >= 11 is 5.02. The number of aryl methyl sites for hydroxylation is 1. The minimum atomic E-state index is -0.121. The number of carbonyl (C=O) groups is 1. The molecule has 7 heteroatoms. The van der Waals surface area contributed by atoms with Crippen molar-refractivity contribution in [2.45, 2.75) is 33.7 Å². The molecule has 0 aliphatic carbocycles. The van der Waals surface area contributed by atoms with Crippen molar-refractivity contribution < 1.29 is 4.79 Å². The number of nitrogens with zero attached hydrogens (tertiary/aromatic N) is 2. The third-order valence-electron chi connectivity index (χ3n) is 2.57. The normalized spacial score (nSPS) is 10.4. The van der Waals surface area contributed by atoms with Crippen molar-refractivity contribution in [1.82, 2.24) is 15.5 Å². The lowest BCUT2D eigenvalue weighted by atomic mass is 10.1. The van der Waals surface area contributed by atoms with Gasteiger partial charge in [0, 0.05) is 6.04 Å². The van der Waals surface area contributed by atoms with Gasteiger partial charge in [-0.15, -0.1) is 5.10 Å². The molecule has 0 saturated heterocycles. The zero-order chi connectivity index (χ0) is 14.6. The van der Waals surface area contributed by atoms with Gasteiger partial charge in [-0.3, -0.25) is 4.79 Å². The van der Waals surface area contributed by atoms with E-state index < -0.39 is 0 Å². The topological polar surface area (TPSA) is 92.9 Å². The first-order chi connectivity index (χ1) is 8.82. The van der Waals surface area contributed by atoms with E-state index in [2.05, 4.69) is 20.8 Å². The van der Waals surface area contributed by atoms with Gasteiger partial charge in [-0.2, -0.15) is 5.10 Å². The van der Waals surface area contributed by atoms with Crippen molar-refractivity contribution in [2.24, 2.45) is 5.73 Å². The average Bonchev–Trinajstić information content (AvgIpc) is 2.29. The molecule has 0 radical (unpaired) electrons. The zero-order valence-electron chi connectivity index (χ0n) is 11.6. The molecule has 0 fully saturated rings. The van der Waals surface area contributed by atoms with E-state index in [1.165, 1.54) is 0 Å². The van der Waals surface area contributed by atoms with E-state index >= 15 is 0 Å². The number of amides is 1. The molecule has 19 heavy (non-hydrogen) atoms. The van der Waals surface area contributed by atoms with Gasteiger partial charge in [0.1, 0.15) is 4.99 Å². The lowest BCUT2D eigenvalue weighted by Crippen LogP contribution is -2.35. The molecular weight excluding hydrogens is 262 g/mol. The molecule has 1 aromatic heterocycles. The summed E-state index contributed by atoms with van der Waals surface area (Å²) in [4.78, 5) is 11.8. The Bertz CT molecular complexity index is 501. The summed E-state index contributed by atoms with van der Waals surface area (Å²) in [5.41, 5.74) is 7.97. The summed E-state index contributed by atoms with van der Waals surface area (Å²) in [5, 5.41) is 13.7. The van der Waals surface area contributed by atoms with E-state index in [1.54, 1.807) is 0 Å². The summed E-state index contributed by atoms with van der Waals surface area (Å²) < 4.78 is 0. The lowest BCUT2D eigenvalue weighted by Gasteiger charge is -2.14. The first-order valence-corrected chi connectivity index (χ1v) is 6.40. The quantitative estimate of drug-likeness (QED) is 0.687. The van der Waals surface area contributed by atoms with Crippen molar-refractivity contribution >= 4 is 28.9 Å². The van der Waals surface area contributed by atoms with Gasteiger partial charge in [0.2, 0.25) is 5.91 Å². The van der Waals surface area contributed by atoms with Crippen LogP contribution in [0.5, 0.6) is 0 Å². The Kier molecular flexibility index (Phi) is 5.17. The molecule has 0 bridgehead atoms. The highest BCUT2D eigenvalue weighted by Crippen LogP contribution is 2.17. The molecule has 104 valence electrons. The van der Waals surface area contributed by atoms with Crippen molar-refractivity contribution in [3.8, 4) is 0 Å². The van der Waals surface area contributed by atoms with E-state index in [0.717, 1.165) is 11.3 Å². The van der Waals surface area contributed by atoms with E-state index in [9.17, 15) is 4.79 Å². The third kappa shape index (κ3) is 4.13. The summed E-state index contributed by atoms with van der Waals surface area (Å²) in [6, 6.07) is 0.0928. The van der Waals surface area contributed by atoms with Crippen molar-refractivity contribution in [1.29, 1.82) is 0 Å². The van der Waals surface area contributed by atoms with E-state index in [4.69, 9.17) is 18.0 Å². The fourth-order valence-corrected chi connectivity index (χ4v) is 1.82. The Balaban J connectivity index is 2.87. The molecule has 0 saturated carbocycles. The number of nitrogens with two attached hydrogens (primary N) is 1. The van der Waals surface area contributed by atoms with Gasteiger partial charge in [0.15, 0.2) is 5.82 Å². The number of thiocarbonyl (C=S) groups is 1. The smallest absolute Gasteiger partial charge is 0.239 e. The lowest BCUT2D eigenvalue weighted by molar-refractivity contribution is -0.119. The van der Waals surface area contributed by atoms with Crippen LogP contribution in [0.2, 0.25) is 0 Å². The molecule has 4 N–H and O–H groups in total. The number of carbonyl (C=O) groups excluding carboxylic acids is 1. The van der Waals surface area contributed by atoms with Crippen LogP contribution in [0.4, 0.5) is 5.82 Å². The van der Waals surface area contributed by atoms with E-state index in [-0.39, 0.29) is 23.5 Å². The molecule has 0 spiro atoms. The number of hydrogen-bond acceptors (Lipinski definition) is 5. The molecule has 1 amide bonds. The maximum atomic E-state index is 11.6. The second-order valence-corrected chi connectivity index (χ2v) is 5.01. The number of nitrogens with one attached hydrogen (secondary N) is 2. The molecule has 0 atom stereocenters. The molecule has 0 aliphatic rings. The molecule has 0 aliphatic heterocycles. The van der Waals surface area contributed by atoms with Crippen molar-refractivity contribution in [2.75, 3.05) is 11.9 Å². The minimum Gasteiger partial charge on any atom is -0.389 e. The number of rotatable bonds is 5. The summed E-state index contributed by atoms with van der Waals surface area (Å²) in [7, 11) is 0. The molecule has 1 rings (SSSR count). The van der Waals surface area contributed by atoms with Crippen LogP contribution in [0.15, 0.2) is 0 Å². The highest BCUT2D eigenvalue weighted by atomic mass is 32.1. The number of aromatic nitrogens is 2. The van der Waals surface area contributed by atoms with Crippen molar-refractivity contribution in [3.05, 3.63) is 16.8 Å². The van der Waals surface area contributed by atoms with Gasteiger partial charge in [0.05, 0.1) is 17.8 Å². The zero-order valence-corrected chi connectivity index (χ0v) is 12.4. The van der Waals surface area contributed by atoms with E-state index in [1.807, 2.05) is 27.7 Å². The van der Waals surface area contributed by atoms with Crippen LogP contribution in [0.25, 0.3) is 0 Å². The highest BCUT2D eigenvalue weighted by Gasteiger charge is 2.14. The molecule has 1 aromatic rings. The van der Waals surface area contributed by atoms with Crippen molar-refractivity contribution in [3.63, 3.8) is 0 Å². The van der Waals surface area contributed by atoms with Crippen LogP contribution >= 0.6 is 12.2 Å². The van der Waals surface area contributed by atoms with Gasteiger partial charge < -0.3 is 16.4 Å². The predicted molar refractivity (Wildman–Crippen MR) is 79.2 cm³/mol. The third-order valence-corrected chi connectivity index (χ3v) is 2.77. The standard InChI is InChI=1S/C12H19N5OS/c1-6(2)15-9(18)5-14-12-10(11(13)19)7(3)8(4)16-17-12/h6H,5H2,1-4H3,(H2,13,19)(H,14,17)(H,15,18). The Hall–Kier alpha value is -1.76. The number of anilines is 1. The fraction of sp³-hybridized carbons (Fsp3) is 0.500. The maximum absolute atomic E-state index is 11.6. The van der Waals surface area contributed by atoms with Gasteiger partial charge in [-0.05, 0) is 33.3 Å². The van der Waals surface area contributed by atoms with Crippen LogP contribution in [0.1, 0.15) is 30.7 Å². The number of hydrogen-bond donors (Lipinski definition) is 3. The van der Waals surface area contributed by atoms with Crippen LogP contribution < -0.4 is 16.4 Å². The highest BCUT2D eigenvalue weighted by molar-refractivity contribution is 7.80. The van der Waals surface area contributed by atoms with Gasteiger partial charge >= 0.3 is 0 Å². The Labute approximate surface area is 118 Å². The largest absolute Gasteiger partial charge is 0.389 e. The van der Waals surface area contributed by atoms with Crippen LogP contribution in [-0.2, 0) is 4.79 Å². The molecule has 0 unspecified atom stereocenters. The van der Waals surface area contributed by atoms with Crippen LogP contribution in [-0.4, -0.2) is 33.7 Å². The first-order valence-electron chi connectivity index (χ1n) is 5.99. The average molecular weight is 281 g/mol. The maximum Gasteiger partial charge on any atom is 0.239 e. The second kappa shape index (κ2) is 6.42. The molecule has 0 aromatic carbocycles. The van der Waals surface area contributed by atoms with Crippen LogP contribution in [0, 0.1) is 13.8 Å². The Morgan fingerprint density at radius 1 is 1.37 bits per heavy atom. The van der Waals surface area contributed by atoms with Gasteiger partial charge in [0.25, 0.3) is 0 Å². The Morgan fingerprint density at radius 3 is 2.53 bits per heavy atom. The van der Waals surface area contributed by atoms with E-state index in [0.29, 0.717) is 11.4 Å². The summed E-state index contributed by atoms with van der Waals surface area (Å²) in [6.45, 7) is 7.60. The molecule has 1 heterocycles. The summed E-state index contributed by atoms with van der Waals surface area (Å²) in [5.74, 6) is 0.318. The fourth-order valence-electron chi connectivity index (χ4n) is 1.57. The Morgan fingerprint density at radius 2 is 2.00 bits per heavy atom. The predicted octanol–water partition coefficient (Wildman–Crippen LogP) is 0.664. The van der Waals surface area contributed by atoms with Gasteiger partial charge in [-0.25, -0.2) is 0 Å². The first kappa shape index (κ1) is 15.3.